The zero-order chi connectivity index (χ0) is 9.14. The normalized spacial score (nSPS) is 12.2. The van der Waals surface area contributed by atoms with Gasteiger partial charge < -0.3 is 5.11 Å². The quantitative estimate of drug-likeness (QED) is 0.681. The number of hydrogen-bond acceptors (Lipinski definition) is 2. The van der Waals surface area contributed by atoms with Gasteiger partial charge in [0.25, 0.3) is 0 Å². The highest BCUT2D eigenvalue weighted by molar-refractivity contribution is 6.30. The van der Waals surface area contributed by atoms with Gasteiger partial charge in [-0.15, -0.1) is 0 Å². The summed E-state index contributed by atoms with van der Waals surface area (Å²) in [6, 6.07) is 5.25. The maximum Gasteiger partial charge on any atom is 0.165 e. The van der Waals surface area contributed by atoms with Gasteiger partial charge in [-0.1, -0.05) is 17.7 Å². The maximum absolute atomic E-state index is 12.6. The Labute approximate surface area is 73.8 Å². The van der Waals surface area contributed by atoms with Crippen LogP contribution in [-0.2, 0) is 0 Å². The topological polar surface area (TPSA) is 44.0 Å². The molecule has 0 bridgehead atoms. The molecule has 0 saturated heterocycles. The SMILES string of the molecule is N#CC(O)c1ccc(F)c(Cl)c1. The van der Waals surface area contributed by atoms with E-state index in [-0.39, 0.29) is 5.02 Å². The van der Waals surface area contributed by atoms with Crippen LogP contribution in [-0.4, -0.2) is 5.11 Å². The van der Waals surface area contributed by atoms with Gasteiger partial charge in [-0.05, 0) is 17.7 Å². The second-order valence-corrected chi connectivity index (χ2v) is 2.61. The Morgan fingerprint density at radius 1 is 1.58 bits per heavy atom. The Morgan fingerprint density at radius 2 is 2.25 bits per heavy atom. The van der Waals surface area contributed by atoms with Gasteiger partial charge in [-0.3, -0.25) is 0 Å². The number of aliphatic hydroxyl groups is 1. The van der Waals surface area contributed by atoms with Gasteiger partial charge in [0.1, 0.15) is 5.82 Å². The third-order valence-electron chi connectivity index (χ3n) is 1.38. The monoisotopic (exact) mass is 185 g/mol. The summed E-state index contributed by atoms with van der Waals surface area (Å²) in [6.45, 7) is 0. The number of rotatable bonds is 1. The molecule has 0 fully saturated rings. The molecule has 0 amide bonds. The zero-order valence-corrected chi connectivity index (χ0v) is 6.72. The third kappa shape index (κ3) is 1.73. The van der Waals surface area contributed by atoms with Gasteiger partial charge in [-0.2, -0.15) is 5.26 Å². The summed E-state index contributed by atoms with van der Waals surface area (Å²) in [4.78, 5) is 0. The minimum absolute atomic E-state index is 0.0956. The molecule has 62 valence electrons. The fourth-order valence-corrected chi connectivity index (χ4v) is 0.946. The van der Waals surface area contributed by atoms with E-state index < -0.39 is 11.9 Å². The average molecular weight is 186 g/mol. The highest BCUT2D eigenvalue weighted by Gasteiger charge is 2.07. The van der Waals surface area contributed by atoms with Crippen molar-refractivity contribution in [3.05, 3.63) is 34.6 Å². The van der Waals surface area contributed by atoms with Crippen LogP contribution in [0.2, 0.25) is 5.02 Å². The van der Waals surface area contributed by atoms with E-state index in [1.54, 1.807) is 6.07 Å². The highest BCUT2D eigenvalue weighted by Crippen LogP contribution is 2.20. The van der Waals surface area contributed by atoms with Gasteiger partial charge in [0, 0.05) is 0 Å². The predicted octanol–water partition coefficient (Wildman–Crippen LogP) is 2.04. The van der Waals surface area contributed by atoms with Crippen molar-refractivity contribution in [2.45, 2.75) is 6.10 Å². The van der Waals surface area contributed by atoms with Gasteiger partial charge >= 0.3 is 0 Å². The van der Waals surface area contributed by atoms with E-state index in [2.05, 4.69) is 0 Å². The van der Waals surface area contributed by atoms with Crippen molar-refractivity contribution in [2.24, 2.45) is 0 Å². The van der Waals surface area contributed by atoms with Crippen LogP contribution in [0.4, 0.5) is 4.39 Å². The molecule has 0 aromatic heterocycles. The van der Waals surface area contributed by atoms with E-state index in [0.29, 0.717) is 5.56 Å². The van der Waals surface area contributed by atoms with E-state index in [4.69, 9.17) is 22.0 Å². The first-order valence-corrected chi connectivity index (χ1v) is 3.55. The summed E-state index contributed by atoms with van der Waals surface area (Å²) in [5, 5.41) is 17.2. The third-order valence-corrected chi connectivity index (χ3v) is 1.67. The molecule has 12 heavy (non-hydrogen) atoms. The first kappa shape index (κ1) is 8.98. The molecule has 0 heterocycles. The summed E-state index contributed by atoms with van der Waals surface area (Å²) < 4.78 is 12.6. The van der Waals surface area contributed by atoms with Crippen molar-refractivity contribution < 1.29 is 9.50 Å². The molecule has 1 aromatic rings. The number of nitrogens with zero attached hydrogens (tertiary/aromatic N) is 1. The molecule has 1 N–H and O–H groups in total. The number of hydrogen-bond donors (Lipinski definition) is 1. The lowest BCUT2D eigenvalue weighted by Crippen LogP contribution is -1.93. The molecule has 0 aliphatic carbocycles. The number of nitriles is 1. The Balaban J connectivity index is 3.06. The van der Waals surface area contributed by atoms with Crippen LogP contribution in [0.15, 0.2) is 18.2 Å². The van der Waals surface area contributed by atoms with Gasteiger partial charge in [0.2, 0.25) is 0 Å². The second kappa shape index (κ2) is 3.53. The molecule has 2 nitrogen and oxygen atoms in total. The molecular formula is C8H5ClFNO. The summed E-state index contributed by atoms with van der Waals surface area (Å²) >= 11 is 5.42. The van der Waals surface area contributed by atoms with E-state index >= 15 is 0 Å². The Bertz CT molecular complexity index is 334. The van der Waals surface area contributed by atoms with E-state index in [9.17, 15) is 4.39 Å². The first-order valence-electron chi connectivity index (χ1n) is 3.18. The smallest absolute Gasteiger partial charge is 0.165 e. The molecule has 0 radical (unpaired) electrons. The first-order chi connectivity index (χ1) is 5.65. The largest absolute Gasteiger partial charge is 0.374 e. The van der Waals surface area contributed by atoms with Gasteiger partial charge in [0.15, 0.2) is 6.10 Å². The van der Waals surface area contributed by atoms with E-state index in [0.717, 1.165) is 6.07 Å². The number of halogens is 2. The highest BCUT2D eigenvalue weighted by atomic mass is 35.5. The number of aliphatic hydroxyl groups excluding tert-OH is 1. The molecule has 0 saturated carbocycles. The van der Waals surface area contributed by atoms with Crippen LogP contribution in [0.25, 0.3) is 0 Å². The standard InChI is InChI=1S/C8H5ClFNO/c9-6-3-5(8(12)4-11)1-2-7(6)10/h1-3,8,12H. The molecule has 0 spiro atoms. The Morgan fingerprint density at radius 3 is 2.75 bits per heavy atom. The molecular weight excluding hydrogens is 181 g/mol. The number of benzene rings is 1. The van der Waals surface area contributed by atoms with Crippen LogP contribution in [0.1, 0.15) is 11.7 Å². The van der Waals surface area contributed by atoms with Crippen LogP contribution in [0, 0.1) is 17.1 Å². The fraction of sp³-hybridized carbons (Fsp3) is 0.125. The van der Waals surface area contributed by atoms with Gasteiger partial charge in [-0.25, -0.2) is 4.39 Å². The summed E-state index contributed by atoms with van der Waals surface area (Å²) in [5.41, 5.74) is 0.295. The summed E-state index contributed by atoms with van der Waals surface area (Å²) in [6.07, 6.45) is -1.25. The minimum Gasteiger partial charge on any atom is -0.374 e. The van der Waals surface area contributed by atoms with Gasteiger partial charge in [0.05, 0.1) is 11.1 Å². The van der Waals surface area contributed by atoms with Crippen molar-refractivity contribution in [3.8, 4) is 6.07 Å². The van der Waals surface area contributed by atoms with Crippen LogP contribution in [0.5, 0.6) is 0 Å². The second-order valence-electron chi connectivity index (χ2n) is 2.21. The molecule has 0 aliphatic rings. The lowest BCUT2D eigenvalue weighted by molar-refractivity contribution is 0.236. The van der Waals surface area contributed by atoms with Crippen LogP contribution in [0.3, 0.4) is 0 Å². The zero-order valence-electron chi connectivity index (χ0n) is 5.96. The van der Waals surface area contributed by atoms with Crippen molar-refractivity contribution >= 4 is 11.6 Å². The molecule has 4 heteroatoms. The van der Waals surface area contributed by atoms with Crippen molar-refractivity contribution in [1.82, 2.24) is 0 Å². The summed E-state index contributed by atoms with van der Waals surface area (Å²) in [7, 11) is 0. The summed E-state index contributed by atoms with van der Waals surface area (Å²) in [5.74, 6) is -0.564. The molecule has 1 aromatic carbocycles. The predicted molar refractivity (Wildman–Crippen MR) is 42.0 cm³/mol. The minimum atomic E-state index is -1.25. The Hall–Kier alpha value is -1.11. The van der Waals surface area contributed by atoms with Crippen LogP contribution < -0.4 is 0 Å². The lowest BCUT2D eigenvalue weighted by Gasteiger charge is -2.01. The maximum atomic E-state index is 12.6. The molecule has 1 rings (SSSR count). The average Bonchev–Trinajstić information content (AvgIpc) is 2.08. The van der Waals surface area contributed by atoms with Crippen molar-refractivity contribution in [3.63, 3.8) is 0 Å². The lowest BCUT2D eigenvalue weighted by atomic mass is 10.1. The van der Waals surface area contributed by atoms with E-state index in [1.165, 1.54) is 12.1 Å². The van der Waals surface area contributed by atoms with E-state index in [1.807, 2.05) is 0 Å². The van der Waals surface area contributed by atoms with Crippen molar-refractivity contribution in [1.29, 1.82) is 5.26 Å². The van der Waals surface area contributed by atoms with Crippen molar-refractivity contribution in [2.75, 3.05) is 0 Å². The molecule has 0 aliphatic heterocycles. The Kier molecular flexibility index (Phi) is 2.64. The molecule has 1 atom stereocenters. The fourth-order valence-electron chi connectivity index (χ4n) is 0.757. The molecule has 1 unspecified atom stereocenters. The van der Waals surface area contributed by atoms with Crippen LogP contribution >= 0.6 is 11.6 Å².